The summed E-state index contributed by atoms with van der Waals surface area (Å²) >= 11 is 0. The van der Waals surface area contributed by atoms with Gasteiger partial charge in [-0.1, -0.05) is 51.1 Å². The van der Waals surface area contributed by atoms with Crippen molar-refractivity contribution in [1.82, 2.24) is 5.32 Å². The second-order valence-electron chi connectivity index (χ2n) is 6.25. The van der Waals surface area contributed by atoms with Gasteiger partial charge in [-0.05, 0) is 17.4 Å². The predicted octanol–water partition coefficient (Wildman–Crippen LogP) is 2.63. The van der Waals surface area contributed by atoms with Gasteiger partial charge in [0.2, 0.25) is 5.91 Å². The van der Waals surface area contributed by atoms with Gasteiger partial charge in [-0.2, -0.15) is 0 Å². The average Bonchev–Trinajstić information content (AvgIpc) is 2.37. The molecule has 0 aromatic heterocycles. The van der Waals surface area contributed by atoms with Crippen molar-refractivity contribution in [2.24, 2.45) is 11.1 Å². The molecule has 2 atom stereocenters. The first-order valence-electron chi connectivity index (χ1n) is 6.88. The Kier molecular flexibility index (Phi) is 5.79. The lowest BCUT2D eigenvalue weighted by Crippen LogP contribution is -2.42. The zero-order chi connectivity index (χ0) is 15.2. The van der Waals surface area contributed by atoms with Crippen LogP contribution in [0.5, 0.6) is 0 Å². The second-order valence-corrected chi connectivity index (χ2v) is 6.25. The summed E-state index contributed by atoms with van der Waals surface area (Å²) in [5, 5.41) is 3.01. The van der Waals surface area contributed by atoms with Crippen molar-refractivity contribution in [3.05, 3.63) is 35.9 Å². The normalized spacial score (nSPS) is 14.2. The molecule has 3 heteroatoms. The van der Waals surface area contributed by atoms with Gasteiger partial charge in [0.1, 0.15) is 0 Å². The molecule has 0 spiro atoms. The highest BCUT2D eigenvalue weighted by molar-refractivity contribution is 5.82. The molecular weight excluding hydrogens is 248 g/mol. The van der Waals surface area contributed by atoms with Crippen LogP contribution in [0.1, 0.15) is 45.2 Å². The SMILES string of the molecule is C#CCC(N)C(=O)NC(CC(C)(C)C)c1ccccc1. The summed E-state index contributed by atoms with van der Waals surface area (Å²) in [7, 11) is 0. The Morgan fingerprint density at radius 1 is 1.35 bits per heavy atom. The zero-order valence-electron chi connectivity index (χ0n) is 12.5. The van der Waals surface area contributed by atoms with Gasteiger partial charge < -0.3 is 11.1 Å². The van der Waals surface area contributed by atoms with E-state index in [2.05, 4.69) is 32.0 Å². The average molecular weight is 272 g/mol. The summed E-state index contributed by atoms with van der Waals surface area (Å²) in [6.45, 7) is 6.45. The number of nitrogens with one attached hydrogen (secondary N) is 1. The van der Waals surface area contributed by atoms with E-state index in [0.29, 0.717) is 0 Å². The first kappa shape index (κ1) is 16.3. The highest BCUT2D eigenvalue weighted by atomic mass is 16.2. The Labute approximate surface area is 121 Å². The largest absolute Gasteiger partial charge is 0.348 e. The Bertz CT molecular complexity index is 468. The number of carbonyl (C=O) groups excluding carboxylic acids is 1. The molecule has 0 heterocycles. The molecule has 0 bridgehead atoms. The fourth-order valence-corrected chi connectivity index (χ4v) is 2.05. The van der Waals surface area contributed by atoms with Crippen molar-refractivity contribution in [2.45, 2.75) is 45.7 Å². The lowest BCUT2D eigenvalue weighted by atomic mass is 9.85. The minimum Gasteiger partial charge on any atom is -0.348 e. The molecule has 0 aliphatic heterocycles. The number of hydrogen-bond acceptors (Lipinski definition) is 2. The van der Waals surface area contributed by atoms with Gasteiger partial charge in [0.25, 0.3) is 0 Å². The van der Waals surface area contributed by atoms with Crippen LogP contribution in [0.15, 0.2) is 30.3 Å². The van der Waals surface area contributed by atoms with E-state index in [1.165, 1.54) is 0 Å². The Morgan fingerprint density at radius 2 is 1.95 bits per heavy atom. The summed E-state index contributed by atoms with van der Waals surface area (Å²) in [5.41, 5.74) is 6.95. The molecule has 1 amide bonds. The van der Waals surface area contributed by atoms with Crippen LogP contribution in [0.3, 0.4) is 0 Å². The molecule has 3 N–H and O–H groups in total. The monoisotopic (exact) mass is 272 g/mol. The van der Waals surface area contributed by atoms with Gasteiger partial charge in [0.05, 0.1) is 12.1 Å². The fourth-order valence-electron chi connectivity index (χ4n) is 2.05. The maximum absolute atomic E-state index is 12.1. The van der Waals surface area contributed by atoms with E-state index in [1.807, 2.05) is 30.3 Å². The maximum atomic E-state index is 12.1. The number of nitrogens with two attached hydrogens (primary N) is 1. The van der Waals surface area contributed by atoms with Gasteiger partial charge in [-0.25, -0.2) is 0 Å². The molecule has 0 saturated carbocycles. The van der Waals surface area contributed by atoms with Crippen LogP contribution >= 0.6 is 0 Å². The van der Waals surface area contributed by atoms with Crippen LogP contribution < -0.4 is 11.1 Å². The van der Waals surface area contributed by atoms with Crippen molar-refractivity contribution < 1.29 is 4.79 Å². The van der Waals surface area contributed by atoms with Crippen LogP contribution in [0.2, 0.25) is 0 Å². The highest BCUT2D eigenvalue weighted by Crippen LogP contribution is 2.29. The molecule has 0 radical (unpaired) electrons. The fraction of sp³-hybridized carbons (Fsp3) is 0.471. The van der Waals surface area contributed by atoms with Crippen molar-refractivity contribution in [1.29, 1.82) is 0 Å². The van der Waals surface area contributed by atoms with E-state index in [9.17, 15) is 4.79 Å². The number of terminal acetylenes is 1. The Morgan fingerprint density at radius 3 is 2.45 bits per heavy atom. The third-order valence-corrected chi connectivity index (χ3v) is 3.01. The molecule has 0 aliphatic rings. The summed E-state index contributed by atoms with van der Waals surface area (Å²) < 4.78 is 0. The summed E-state index contributed by atoms with van der Waals surface area (Å²) in [4.78, 5) is 12.1. The molecule has 0 fully saturated rings. The number of amides is 1. The van der Waals surface area contributed by atoms with Crippen molar-refractivity contribution in [3.8, 4) is 12.3 Å². The zero-order valence-corrected chi connectivity index (χ0v) is 12.5. The van der Waals surface area contributed by atoms with E-state index in [4.69, 9.17) is 12.2 Å². The third kappa shape index (κ3) is 5.46. The second kappa shape index (κ2) is 7.12. The predicted molar refractivity (Wildman–Crippen MR) is 82.8 cm³/mol. The number of carbonyl (C=O) groups is 1. The Balaban J connectivity index is 2.84. The van der Waals surface area contributed by atoms with Gasteiger partial charge in [0, 0.05) is 6.42 Å². The molecule has 20 heavy (non-hydrogen) atoms. The van der Waals surface area contributed by atoms with Gasteiger partial charge in [0.15, 0.2) is 0 Å². The van der Waals surface area contributed by atoms with Gasteiger partial charge in [-0.15, -0.1) is 12.3 Å². The lowest BCUT2D eigenvalue weighted by molar-refractivity contribution is -0.123. The van der Waals surface area contributed by atoms with E-state index < -0.39 is 6.04 Å². The Hall–Kier alpha value is -1.79. The summed E-state index contributed by atoms with van der Waals surface area (Å²) in [5.74, 6) is 2.23. The number of hydrogen-bond donors (Lipinski definition) is 2. The van der Waals surface area contributed by atoms with E-state index >= 15 is 0 Å². The highest BCUT2D eigenvalue weighted by Gasteiger charge is 2.23. The van der Waals surface area contributed by atoms with Crippen molar-refractivity contribution in [3.63, 3.8) is 0 Å². The number of rotatable bonds is 5. The quantitative estimate of drug-likeness (QED) is 0.810. The molecule has 2 unspecified atom stereocenters. The van der Waals surface area contributed by atoms with Crippen molar-refractivity contribution in [2.75, 3.05) is 0 Å². The molecule has 3 nitrogen and oxygen atoms in total. The lowest BCUT2D eigenvalue weighted by Gasteiger charge is -2.28. The molecular formula is C17H24N2O. The van der Waals surface area contributed by atoms with E-state index in [1.54, 1.807) is 0 Å². The first-order valence-corrected chi connectivity index (χ1v) is 6.88. The maximum Gasteiger partial charge on any atom is 0.238 e. The van der Waals surface area contributed by atoms with Crippen LogP contribution in [0, 0.1) is 17.8 Å². The molecule has 0 aliphatic carbocycles. The van der Waals surface area contributed by atoms with Crippen LogP contribution in [0.25, 0.3) is 0 Å². The summed E-state index contributed by atoms with van der Waals surface area (Å²) in [6, 6.07) is 9.24. The molecule has 108 valence electrons. The third-order valence-electron chi connectivity index (χ3n) is 3.01. The minimum absolute atomic E-state index is 0.0486. The molecule has 1 aromatic carbocycles. The molecule has 1 aromatic rings. The first-order chi connectivity index (χ1) is 9.33. The van der Waals surface area contributed by atoms with E-state index in [0.717, 1.165) is 12.0 Å². The standard InChI is InChI=1S/C17H24N2O/c1-5-9-14(18)16(20)19-15(12-17(2,3)4)13-10-7-6-8-11-13/h1,6-8,10-11,14-15H,9,12,18H2,2-4H3,(H,19,20). The smallest absolute Gasteiger partial charge is 0.238 e. The van der Waals surface area contributed by atoms with E-state index in [-0.39, 0.29) is 23.8 Å². The molecule has 1 rings (SSSR count). The van der Waals surface area contributed by atoms with Crippen LogP contribution in [0.4, 0.5) is 0 Å². The van der Waals surface area contributed by atoms with Gasteiger partial charge >= 0.3 is 0 Å². The van der Waals surface area contributed by atoms with Crippen LogP contribution in [-0.4, -0.2) is 11.9 Å². The minimum atomic E-state index is -0.647. The molecule has 0 saturated heterocycles. The topological polar surface area (TPSA) is 55.1 Å². The number of benzene rings is 1. The van der Waals surface area contributed by atoms with Gasteiger partial charge in [-0.3, -0.25) is 4.79 Å². The van der Waals surface area contributed by atoms with Crippen LogP contribution in [-0.2, 0) is 4.79 Å². The summed E-state index contributed by atoms with van der Waals surface area (Å²) in [6.07, 6.45) is 6.29. The van der Waals surface area contributed by atoms with Crippen molar-refractivity contribution >= 4 is 5.91 Å².